The van der Waals surface area contributed by atoms with Gasteiger partial charge >= 0.3 is 15.6 Å². The molecule has 0 radical (unpaired) electrons. The second-order valence-electron chi connectivity index (χ2n) is 9.64. The number of nitrogens with two attached hydrogens (primary N) is 1. The summed E-state index contributed by atoms with van der Waals surface area (Å²) in [6, 6.07) is 0. The first-order valence-electron chi connectivity index (χ1n) is 12.5. The average molecular weight is 661 g/mol. The van der Waals surface area contributed by atoms with Gasteiger partial charge in [0.2, 0.25) is 0 Å². The maximum absolute atomic E-state index is 12.6. The molecule has 0 bridgehead atoms. The highest BCUT2D eigenvalue weighted by Crippen LogP contribution is 2.61. The smallest absolute Gasteiger partial charge is 0.394 e. The highest BCUT2D eigenvalue weighted by molar-refractivity contribution is 7.61. The van der Waals surface area contributed by atoms with E-state index in [1.54, 1.807) is 0 Å². The van der Waals surface area contributed by atoms with Crippen LogP contribution in [0.1, 0.15) is 12.6 Å². The predicted molar refractivity (Wildman–Crippen MR) is 137 cm³/mol. The van der Waals surface area contributed by atoms with E-state index in [0.717, 1.165) is 0 Å². The number of nitrogens with zero attached hydrogens (tertiary/aromatic N) is 4. The Kier molecular flexibility index (Phi) is 10.6. The molecule has 4 heterocycles. The zero-order chi connectivity index (χ0) is 31.7. The van der Waals surface area contributed by atoms with Crippen LogP contribution < -0.4 is 5.73 Å². The molecular formula is C20H33N5O16P2. The number of aromatic nitrogens is 4. The summed E-state index contributed by atoms with van der Waals surface area (Å²) in [4.78, 5) is 32.5. The number of rotatable bonds is 13. The van der Waals surface area contributed by atoms with Crippen molar-refractivity contribution in [1.29, 1.82) is 0 Å². The van der Waals surface area contributed by atoms with Crippen molar-refractivity contribution in [3.8, 4) is 0 Å². The number of imidazole rings is 1. The SMILES string of the molecule is COC1C(OC)[C@@H](COP(=O)(O)OP(=O)(O)O[C@@H]2OC(CO)([C@H](O)CO)CC(O)C2O)O[C@H]1n1cnc2c(N)ncnc21. The number of phosphoric acid groups is 2. The molecule has 4 rings (SSSR count). The minimum atomic E-state index is -5.63. The number of aliphatic hydroxyl groups is 5. The van der Waals surface area contributed by atoms with Gasteiger partial charge < -0.3 is 60.0 Å². The van der Waals surface area contributed by atoms with Crippen LogP contribution in [0.4, 0.5) is 5.82 Å². The van der Waals surface area contributed by atoms with Gasteiger partial charge in [0.05, 0.1) is 32.3 Å². The third-order valence-electron chi connectivity index (χ3n) is 6.96. The molecule has 0 aromatic carbocycles. The second-order valence-corrected chi connectivity index (χ2v) is 12.6. The van der Waals surface area contributed by atoms with Crippen molar-refractivity contribution in [3.05, 3.63) is 12.7 Å². The van der Waals surface area contributed by atoms with E-state index in [2.05, 4.69) is 23.8 Å². The first kappa shape index (κ1) is 34.1. The van der Waals surface area contributed by atoms with Crippen LogP contribution in [0.5, 0.6) is 0 Å². The Labute approximate surface area is 242 Å². The lowest BCUT2D eigenvalue weighted by Gasteiger charge is -2.46. The van der Waals surface area contributed by atoms with Gasteiger partial charge in [-0.25, -0.2) is 24.1 Å². The van der Waals surface area contributed by atoms with E-state index < -0.39 is 96.6 Å². The normalized spacial score (nSPS) is 35.0. The van der Waals surface area contributed by atoms with Crippen molar-refractivity contribution in [1.82, 2.24) is 19.5 Å². The van der Waals surface area contributed by atoms with Crippen molar-refractivity contribution in [2.45, 2.75) is 61.2 Å². The molecule has 21 nitrogen and oxygen atoms in total. The molecule has 2 aromatic rings. The Bertz CT molecular complexity index is 1350. The van der Waals surface area contributed by atoms with Crippen LogP contribution in [-0.2, 0) is 41.4 Å². The number of phosphoric ester groups is 2. The van der Waals surface area contributed by atoms with Gasteiger partial charge in [0.15, 0.2) is 24.0 Å². The molecule has 2 aliphatic heterocycles. The highest BCUT2D eigenvalue weighted by atomic mass is 31.3. The van der Waals surface area contributed by atoms with Gasteiger partial charge in [-0.15, -0.1) is 0 Å². The summed E-state index contributed by atoms with van der Waals surface area (Å²) in [7, 11) is -8.39. The Morgan fingerprint density at radius 1 is 1.14 bits per heavy atom. The average Bonchev–Trinajstić information content (AvgIpc) is 3.54. The Morgan fingerprint density at radius 2 is 1.84 bits per heavy atom. The lowest BCUT2D eigenvalue weighted by molar-refractivity contribution is -0.307. The fourth-order valence-corrected chi connectivity index (χ4v) is 6.96. The van der Waals surface area contributed by atoms with Gasteiger partial charge in [0, 0.05) is 20.6 Å². The van der Waals surface area contributed by atoms with E-state index in [-0.39, 0.29) is 11.3 Å². The van der Waals surface area contributed by atoms with E-state index in [1.165, 1.54) is 31.4 Å². The third-order valence-corrected chi connectivity index (χ3v) is 9.56. The molecule has 0 saturated carbocycles. The van der Waals surface area contributed by atoms with Gasteiger partial charge in [-0.05, 0) is 0 Å². The summed E-state index contributed by atoms with van der Waals surface area (Å²) in [5, 5.41) is 49.3. The summed E-state index contributed by atoms with van der Waals surface area (Å²) in [5.74, 6) is 0.111. The molecular weight excluding hydrogens is 628 g/mol. The summed E-state index contributed by atoms with van der Waals surface area (Å²) < 4.78 is 62.7. The van der Waals surface area contributed by atoms with E-state index in [9.17, 15) is 44.4 Å². The third kappa shape index (κ3) is 7.07. The predicted octanol–water partition coefficient (Wildman–Crippen LogP) is -2.86. The van der Waals surface area contributed by atoms with Crippen LogP contribution in [0, 0.1) is 0 Å². The summed E-state index contributed by atoms with van der Waals surface area (Å²) in [5.41, 5.74) is 4.29. The molecule has 0 spiro atoms. The Balaban J connectivity index is 1.44. The number of anilines is 1. The first-order valence-corrected chi connectivity index (χ1v) is 15.5. The molecule has 0 aliphatic carbocycles. The highest BCUT2D eigenvalue weighted by Gasteiger charge is 2.53. The molecule has 9 N–H and O–H groups in total. The maximum Gasteiger partial charge on any atom is 0.483 e. The monoisotopic (exact) mass is 661 g/mol. The Hall–Kier alpha value is -1.75. The number of ether oxygens (including phenoxy) is 4. The van der Waals surface area contributed by atoms with Crippen molar-refractivity contribution < 1.29 is 76.8 Å². The number of hydrogen-bond acceptors (Lipinski definition) is 18. The van der Waals surface area contributed by atoms with Gasteiger partial charge in [-0.3, -0.25) is 13.6 Å². The van der Waals surface area contributed by atoms with Gasteiger partial charge in [0.25, 0.3) is 0 Å². The zero-order valence-corrected chi connectivity index (χ0v) is 24.5. The van der Waals surface area contributed by atoms with E-state index >= 15 is 0 Å². The molecule has 2 aromatic heterocycles. The lowest BCUT2D eigenvalue weighted by atomic mass is 9.86. The van der Waals surface area contributed by atoms with E-state index in [1.807, 2.05) is 0 Å². The number of nitrogen functional groups attached to an aromatic ring is 1. The standard InChI is InChI=1S/C20H33N5O16P2/c1-35-14-10(38-18(15(14)36-2)25-8-24-12-16(21)22-7-23-17(12)25)5-37-42(31,32)41-43(33,34)40-19-13(30)9(28)3-20(6-27,39-19)11(29)4-26/h7-11,13-15,18-19,26-30H,3-6H2,1-2H3,(H,31,32)(H,33,34)(H2,21,22,23)/t9?,10-,11-,13?,14?,15?,18-,19+,20?/m1/s1. The zero-order valence-electron chi connectivity index (χ0n) is 22.7. The van der Waals surface area contributed by atoms with Crippen molar-refractivity contribution in [2.75, 3.05) is 39.8 Å². The minimum Gasteiger partial charge on any atom is -0.394 e. The number of fused-ring (bicyclic) bond motifs is 1. The van der Waals surface area contributed by atoms with Gasteiger partial charge in [-0.2, -0.15) is 4.31 Å². The van der Waals surface area contributed by atoms with E-state index in [4.69, 9.17) is 29.2 Å². The summed E-state index contributed by atoms with van der Waals surface area (Å²) in [6.45, 7) is -2.72. The van der Waals surface area contributed by atoms with Gasteiger partial charge in [0.1, 0.15) is 48.0 Å². The Morgan fingerprint density at radius 3 is 2.47 bits per heavy atom. The van der Waals surface area contributed by atoms with Crippen LogP contribution in [0.2, 0.25) is 0 Å². The van der Waals surface area contributed by atoms with Crippen molar-refractivity contribution in [2.24, 2.45) is 0 Å². The number of hydrogen-bond donors (Lipinski definition) is 8. The maximum atomic E-state index is 12.6. The van der Waals surface area contributed by atoms with Crippen molar-refractivity contribution in [3.63, 3.8) is 0 Å². The molecule has 7 unspecified atom stereocenters. The van der Waals surface area contributed by atoms with Crippen LogP contribution in [0.15, 0.2) is 12.7 Å². The lowest BCUT2D eigenvalue weighted by Crippen LogP contribution is -2.62. The van der Waals surface area contributed by atoms with Gasteiger partial charge in [-0.1, -0.05) is 0 Å². The quantitative estimate of drug-likeness (QED) is 0.100. The summed E-state index contributed by atoms with van der Waals surface area (Å²) in [6.07, 6.45) is -9.76. The minimum absolute atomic E-state index is 0.111. The number of aliphatic hydroxyl groups excluding tert-OH is 5. The van der Waals surface area contributed by atoms with Crippen LogP contribution in [0.3, 0.4) is 0 Å². The fraction of sp³-hybridized carbons (Fsp3) is 0.750. The molecule has 11 atom stereocenters. The molecule has 244 valence electrons. The van der Waals surface area contributed by atoms with Crippen LogP contribution in [-0.4, -0.2) is 137 Å². The molecule has 43 heavy (non-hydrogen) atoms. The fourth-order valence-electron chi connectivity index (χ4n) is 4.81. The van der Waals surface area contributed by atoms with E-state index in [0.29, 0.717) is 5.65 Å². The molecule has 2 fully saturated rings. The molecule has 0 amide bonds. The molecule has 23 heteroatoms. The van der Waals surface area contributed by atoms with Crippen LogP contribution >= 0.6 is 15.6 Å². The molecule has 2 aliphatic rings. The van der Waals surface area contributed by atoms with Crippen molar-refractivity contribution >= 4 is 32.6 Å². The second kappa shape index (κ2) is 13.3. The largest absolute Gasteiger partial charge is 0.483 e. The topological polar surface area (TPSA) is 310 Å². The number of methoxy groups -OCH3 is 2. The van der Waals surface area contributed by atoms with Crippen LogP contribution in [0.25, 0.3) is 11.2 Å². The molecule has 2 saturated heterocycles. The summed E-state index contributed by atoms with van der Waals surface area (Å²) >= 11 is 0. The first-order chi connectivity index (χ1) is 20.2.